The molecule has 0 aromatic carbocycles. The van der Waals surface area contributed by atoms with Crippen LogP contribution in [-0.2, 0) is 11.3 Å². The van der Waals surface area contributed by atoms with Crippen molar-refractivity contribution in [3.63, 3.8) is 0 Å². The van der Waals surface area contributed by atoms with Gasteiger partial charge in [-0.3, -0.25) is 9.58 Å². The molecule has 3 heterocycles. The third-order valence-corrected chi connectivity index (χ3v) is 5.29. The molecule has 1 N–H and O–H groups in total. The van der Waals surface area contributed by atoms with Gasteiger partial charge in [0.2, 0.25) is 0 Å². The molecule has 124 valence electrons. The van der Waals surface area contributed by atoms with E-state index in [4.69, 9.17) is 4.74 Å². The second kappa shape index (κ2) is 6.30. The van der Waals surface area contributed by atoms with Gasteiger partial charge in [0.25, 0.3) is 0 Å². The first-order valence-electron chi connectivity index (χ1n) is 8.55. The predicted octanol–water partition coefficient (Wildman–Crippen LogP) is 2.22. The van der Waals surface area contributed by atoms with Crippen LogP contribution in [0.5, 0.6) is 0 Å². The number of aromatic nitrogens is 2. The lowest BCUT2D eigenvalue weighted by Crippen LogP contribution is -2.52. The molecule has 0 radical (unpaired) electrons. The molecule has 3 rings (SSSR count). The first kappa shape index (κ1) is 16.0. The van der Waals surface area contributed by atoms with E-state index in [1.165, 1.54) is 6.42 Å². The lowest BCUT2D eigenvalue weighted by atomic mass is 9.79. The van der Waals surface area contributed by atoms with Gasteiger partial charge in [-0.05, 0) is 52.6 Å². The Labute approximate surface area is 133 Å². The molecular weight excluding hydrogens is 278 g/mol. The van der Waals surface area contributed by atoms with Crippen LogP contribution in [0.25, 0.3) is 0 Å². The Balaban J connectivity index is 1.69. The fraction of sp³-hybridized carbons (Fsp3) is 0.824. The van der Waals surface area contributed by atoms with E-state index >= 15 is 0 Å². The van der Waals surface area contributed by atoms with Gasteiger partial charge in [-0.2, -0.15) is 5.10 Å². The third-order valence-electron chi connectivity index (χ3n) is 5.29. The Bertz CT molecular complexity index is 498. The van der Waals surface area contributed by atoms with Gasteiger partial charge < -0.3 is 9.84 Å². The van der Waals surface area contributed by atoms with Crippen molar-refractivity contribution in [3.8, 4) is 0 Å². The first-order chi connectivity index (χ1) is 10.5. The van der Waals surface area contributed by atoms with E-state index in [2.05, 4.69) is 36.1 Å². The van der Waals surface area contributed by atoms with Crippen molar-refractivity contribution in [2.45, 2.75) is 64.3 Å². The summed E-state index contributed by atoms with van der Waals surface area (Å²) in [7, 11) is 0. The highest BCUT2D eigenvalue weighted by Gasteiger charge is 2.44. The zero-order valence-electron chi connectivity index (χ0n) is 14.0. The van der Waals surface area contributed by atoms with Crippen molar-refractivity contribution in [1.29, 1.82) is 0 Å². The van der Waals surface area contributed by atoms with Gasteiger partial charge in [0.15, 0.2) is 0 Å². The lowest BCUT2D eigenvalue weighted by molar-refractivity contribution is -0.123. The van der Waals surface area contributed by atoms with Gasteiger partial charge in [0.1, 0.15) is 0 Å². The number of likely N-dealkylation sites (tertiary alicyclic amines) is 1. The largest absolute Gasteiger partial charge is 0.390 e. The number of nitrogens with zero attached hydrogens (tertiary/aromatic N) is 3. The maximum absolute atomic E-state index is 10.7. The zero-order valence-corrected chi connectivity index (χ0v) is 14.0. The summed E-state index contributed by atoms with van der Waals surface area (Å²) in [6.45, 7) is 9.58. The van der Waals surface area contributed by atoms with Crippen LogP contribution in [0.3, 0.4) is 0 Å². The maximum Gasteiger partial charge on any atom is 0.0764 e. The van der Waals surface area contributed by atoms with Gasteiger partial charge in [0, 0.05) is 37.4 Å². The van der Waals surface area contributed by atoms with Crippen LogP contribution in [0.1, 0.15) is 51.8 Å². The molecular formula is C17H29N3O2. The molecule has 2 fully saturated rings. The summed E-state index contributed by atoms with van der Waals surface area (Å²) in [5, 5.41) is 15.4. The molecule has 0 amide bonds. The normalized spacial score (nSPS) is 33.7. The summed E-state index contributed by atoms with van der Waals surface area (Å²) in [5.41, 5.74) is 0.514. The highest BCUT2D eigenvalue weighted by atomic mass is 16.5. The summed E-state index contributed by atoms with van der Waals surface area (Å²) in [5.74, 6) is 0.205. The summed E-state index contributed by atoms with van der Waals surface area (Å²) < 4.78 is 7.67. The molecule has 1 aromatic heterocycles. The van der Waals surface area contributed by atoms with E-state index in [1.54, 1.807) is 0 Å². The average molecular weight is 307 g/mol. The van der Waals surface area contributed by atoms with E-state index in [0.717, 1.165) is 31.6 Å². The van der Waals surface area contributed by atoms with E-state index in [-0.39, 0.29) is 5.92 Å². The number of hydrogen-bond donors (Lipinski definition) is 1. The van der Waals surface area contributed by atoms with Crippen LogP contribution in [0, 0.1) is 5.92 Å². The fourth-order valence-corrected chi connectivity index (χ4v) is 3.84. The van der Waals surface area contributed by atoms with Crippen LogP contribution in [0.15, 0.2) is 12.3 Å². The van der Waals surface area contributed by atoms with Crippen molar-refractivity contribution < 1.29 is 9.84 Å². The van der Waals surface area contributed by atoms with Gasteiger partial charge in [-0.1, -0.05) is 0 Å². The molecule has 2 aliphatic rings. The molecule has 22 heavy (non-hydrogen) atoms. The zero-order chi connectivity index (χ0) is 15.7. The van der Waals surface area contributed by atoms with Crippen LogP contribution in [0.2, 0.25) is 0 Å². The van der Waals surface area contributed by atoms with Gasteiger partial charge >= 0.3 is 0 Å². The van der Waals surface area contributed by atoms with E-state index in [9.17, 15) is 5.11 Å². The SMILES string of the molecule is CC(C)n1ccc(CN2CCCC2C2COCCC2(C)O)n1. The second-order valence-electron chi connectivity index (χ2n) is 7.35. The fourth-order valence-electron chi connectivity index (χ4n) is 3.84. The standard InChI is InChI=1S/C17H29N3O2/c1-13(2)20-9-6-14(18-20)11-19-8-4-5-16(19)15-12-22-10-7-17(15,3)21/h6,9,13,15-16,21H,4-5,7-8,10-12H2,1-3H3. The minimum absolute atomic E-state index is 0.205. The molecule has 0 spiro atoms. The third kappa shape index (κ3) is 3.21. The van der Waals surface area contributed by atoms with E-state index in [0.29, 0.717) is 25.3 Å². The molecule has 2 aliphatic heterocycles. The molecule has 5 nitrogen and oxygen atoms in total. The molecule has 2 saturated heterocycles. The summed E-state index contributed by atoms with van der Waals surface area (Å²) in [6, 6.07) is 2.92. The van der Waals surface area contributed by atoms with Crippen molar-refractivity contribution in [1.82, 2.24) is 14.7 Å². The molecule has 0 saturated carbocycles. The van der Waals surface area contributed by atoms with Crippen LogP contribution >= 0.6 is 0 Å². The monoisotopic (exact) mass is 307 g/mol. The smallest absolute Gasteiger partial charge is 0.0764 e. The van der Waals surface area contributed by atoms with Gasteiger partial charge in [-0.25, -0.2) is 0 Å². The van der Waals surface area contributed by atoms with Crippen molar-refractivity contribution in [3.05, 3.63) is 18.0 Å². The maximum atomic E-state index is 10.7. The first-order valence-corrected chi connectivity index (χ1v) is 8.55. The summed E-state index contributed by atoms with van der Waals surface area (Å²) in [4.78, 5) is 2.49. The molecule has 3 unspecified atom stereocenters. The van der Waals surface area contributed by atoms with Gasteiger partial charge in [-0.15, -0.1) is 0 Å². The molecule has 0 bridgehead atoms. The number of rotatable bonds is 4. The quantitative estimate of drug-likeness (QED) is 0.926. The van der Waals surface area contributed by atoms with Crippen molar-refractivity contribution in [2.24, 2.45) is 5.92 Å². The number of aliphatic hydroxyl groups is 1. The Hall–Kier alpha value is -0.910. The highest BCUT2D eigenvalue weighted by molar-refractivity contribution is 5.03. The van der Waals surface area contributed by atoms with Crippen molar-refractivity contribution >= 4 is 0 Å². The van der Waals surface area contributed by atoms with Crippen LogP contribution in [-0.4, -0.2) is 51.2 Å². The minimum Gasteiger partial charge on any atom is -0.390 e. The average Bonchev–Trinajstić information content (AvgIpc) is 3.08. The summed E-state index contributed by atoms with van der Waals surface area (Å²) in [6.07, 6.45) is 5.14. The Morgan fingerprint density at radius 1 is 1.50 bits per heavy atom. The second-order valence-corrected chi connectivity index (χ2v) is 7.35. The predicted molar refractivity (Wildman–Crippen MR) is 85.6 cm³/mol. The molecule has 5 heteroatoms. The molecule has 0 aliphatic carbocycles. The Kier molecular flexibility index (Phi) is 4.57. The lowest BCUT2D eigenvalue weighted by Gasteiger charge is -2.43. The van der Waals surface area contributed by atoms with Crippen LogP contribution in [0.4, 0.5) is 0 Å². The van der Waals surface area contributed by atoms with E-state index < -0.39 is 5.60 Å². The Morgan fingerprint density at radius 2 is 2.32 bits per heavy atom. The van der Waals surface area contributed by atoms with Crippen LogP contribution < -0.4 is 0 Å². The Morgan fingerprint density at radius 3 is 3.00 bits per heavy atom. The minimum atomic E-state index is -0.608. The highest BCUT2D eigenvalue weighted by Crippen LogP contribution is 2.36. The molecule has 1 aromatic rings. The van der Waals surface area contributed by atoms with Crippen molar-refractivity contribution in [2.75, 3.05) is 19.8 Å². The van der Waals surface area contributed by atoms with Gasteiger partial charge in [0.05, 0.1) is 17.9 Å². The number of hydrogen-bond acceptors (Lipinski definition) is 4. The van der Waals surface area contributed by atoms with E-state index in [1.807, 2.05) is 11.6 Å². The molecule has 3 atom stereocenters. The topological polar surface area (TPSA) is 50.5 Å². The summed E-state index contributed by atoms with van der Waals surface area (Å²) >= 11 is 0. The number of ether oxygens (including phenoxy) is 1.